The zero-order chi connectivity index (χ0) is 14.0. The van der Waals surface area contributed by atoms with E-state index < -0.39 is 4.92 Å². The molecule has 0 saturated carbocycles. The molecule has 1 fully saturated rings. The number of nitro groups is 1. The highest BCUT2D eigenvalue weighted by molar-refractivity contribution is 5.79. The van der Waals surface area contributed by atoms with Crippen molar-refractivity contribution in [3.05, 3.63) is 33.9 Å². The van der Waals surface area contributed by atoms with Gasteiger partial charge in [-0.2, -0.15) is 0 Å². The fourth-order valence-electron chi connectivity index (χ4n) is 2.25. The molecule has 0 aliphatic carbocycles. The Morgan fingerprint density at radius 1 is 1.47 bits per heavy atom. The van der Waals surface area contributed by atoms with Crippen LogP contribution in [0.5, 0.6) is 0 Å². The second-order valence-electron chi connectivity index (χ2n) is 5.15. The number of carbonyl (C=O) groups excluding carboxylic acids is 1. The van der Waals surface area contributed by atoms with E-state index in [0.717, 1.165) is 0 Å². The Morgan fingerprint density at radius 2 is 2.21 bits per heavy atom. The van der Waals surface area contributed by atoms with E-state index in [1.807, 2.05) is 18.7 Å². The SMILES string of the molecule is CC1(C)CN(c2ccc(C=O)cc2[N+](=O)[O-])CCO1. The Hall–Kier alpha value is -1.95. The molecule has 1 heterocycles. The fourth-order valence-corrected chi connectivity index (χ4v) is 2.25. The van der Waals surface area contributed by atoms with Gasteiger partial charge >= 0.3 is 0 Å². The van der Waals surface area contributed by atoms with Crippen LogP contribution in [0.2, 0.25) is 0 Å². The zero-order valence-corrected chi connectivity index (χ0v) is 11.0. The molecule has 0 amide bonds. The number of nitrogens with zero attached hydrogens (tertiary/aromatic N) is 2. The summed E-state index contributed by atoms with van der Waals surface area (Å²) >= 11 is 0. The monoisotopic (exact) mass is 264 g/mol. The zero-order valence-electron chi connectivity index (χ0n) is 11.0. The second-order valence-corrected chi connectivity index (χ2v) is 5.15. The summed E-state index contributed by atoms with van der Waals surface area (Å²) in [6, 6.07) is 4.53. The maximum absolute atomic E-state index is 11.1. The van der Waals surface area contributed by atoms with E-state index in [-0.39, 0.29) is 11.3 Å². The quantitative estimate of drug-likeness (QED) is 0.474. The van der Waals surface area contributed by atoms with Crippen molar-refractivity contribution in [3.8, 4) is 0 Å². The Morgan fingerprint density at radius 3 is 2.79 bits per heavy atom. The van der Waals surface area contributed by atoms with E-state index in [9.17, 15) is 14.9 Å². The van der Waals surface area contributed by atoms with Crippen molar-refractivity contribution in [1.82, 2.24) is 0 Å². The number of aldehydes is 1. The van der Waals surface area contributed by atoms with E-state index in [1.165, 1.54) is 6.07 Å². The minimum Gasteiger partial charge on any atom is -0.372 e. The standard InChI is InChI=1S/C13H16N2O4/c1-13(2)9-14(5-6-19-13)11-4-3-10(8-16)7-12(11)15(17)18/h3-4,7-8H,5-6,9H2,1-2H3. The molecule has 0 aromatic heterocycles. The number of ether oxygens (including phenoxy) is 1. The summed E-state index contributed by atoms with van der Waals surface area (Å²) in [6.45, 7) is 5.61. The summed E-state index contributed by atoms with van der Waals surface area (Å²) < 4.78 is 5.59. The van der Waals surface area contributed by atoms with Crippen molar-refractivity contribution in [2.45, 2.75) is 19.4 Å². The fraction of sp³-hybridized carbons (Fsp3) is 0.462. The molecule has 1 saturated heterocycles. The maximum Gasteiger partial charge on any atom is 0.293 e. The van der Waals surface area contributed by atoms with Gasteiger partial charge in [0.25, 0.3) is 5.69 Å². The van der Waals surface area contributed by atoms with E-state index in [1.54, 1.807) is 12.1 Å². The third-order valence-electron chi connectivity index (χ3n) is 3.10. The molecule has 0 radical (unpaired) electrons. The van der Waals surface area contributed by atoms with Crippen molar-refractivity contribution in [3.63, 3.8) is 0 Å². The molecule has 102 valence electrons. The predicted molar refractivity (Wildman–Crippen MR) is 70.7 cm³/mol. The Kier molecular flexibility index (Phi) is 3.53. The summed E-state index contributed by atoms with van der Waals surface area (Å²) in [6.07, 6.45) is 0.611. The number of rotatable bonds is 3. The van der Waals surface area contributed by atoms with Gasteiger partial charge in [0.05, 0.1) is 17.1 Å². The largest absolute Gasteiger partial charge is 0.372 e. The minimum absolute atomic E-state index is 0.0395. The molecule has 0 N–H and O–H groups in total. The Balaban J connectivity index is 2.38. The van der Waals surface area contributed by atoms with Gasteiger partial charge in [0, 0.05) is 24.7 Å². The number of hydrogen-bond donors (Lipinski definition) is 0. The summed E-state index contributed by atoms with van der Waals surface area (Å²) in [5.41, 5.74) is 0.465. The highest BCUT2D eigenvalue weighted by Crippen LogP contribution is 2.31. The molecule has 1 aromatic carbocycles. The Labute approximate surface area is 111 Å². The number of anilines is 1. The van der Waals surface area contributed by atoms with Crippen molar-refractivity contribution in [1.29, 1.82) is 0 Å². The van der Waals surface area contributed by atoms with E-state index in [2.05, 4.69) is 0 Å². The van der Waals surface area contributed by atoms with Gasteiger partial charge in [0.15, 0.2) is 0 Å². The van der Waals surface area contributed by atoms with Crippen LogP contribution in [0, 0.1) is 10.1 Å². The molecule has 6 heteroatoms. The second kappa shape index (κ2) is 4.97. The number of carbonyl (C=O) groups is 1. The van der Waals surface area contributed by atoms with Crippen LogP contribution in [-0.4, -0.2) is 36.5 Å². The van der Waals surface area contributed by atoms with Crippen molar-refractivity contribution >= 4 is 17.7 Å². The maximum atomic E-state index is 11.1. The summed E-state index contributed by atoms with van der Waals surface area (Å²) in [5, 5.41) is 11.1. The van der Waals surface area contributed by atoms with Crippen molar-refractivity contribution in [2.24, 2.45) is 0 Å². The normalized spacial score (nSPS) is 18.1. The van der Waals surface area contributed by atoms with Crippen LogP contribution in [0.1, 0.15) is 24.2 Å². The van der Waals surface area contributed by atoms with Crippen LogP contribution in [0.15, 0.2) is 18.2 Å². The third kappa shape index (κ3) is 2.90. The highest BCUT2D eigenvalue weighted by atomic mass is 16.6. The molecule has 0 bridgehead atoms. The summed E-state index contributed by atoms with van der Waals surface area (Å²) in [4.78, 5) is 23.3. The van der Waals surface area contributed by atoms with E-state index in [4.69, 9.17) is 4.74 Å². The van der Waals surface area contributed by atoms with Crippen LogP contribution >= 0.6 is 0 Å². The van der Waals surface area contributed by atoms with Gasteiger partial charge in [-0.05, 0) is 26.0 Å². The van der Waals surface area contributed by atoms with Gasteiger partial charge in [0.1, 0.15) is 12.0 Å². The van der Waals surface area contributed by atoms with Gasteiger partial charge in [-0.3, -0.25) is 14.9 Å². The average molecular weight is 264 g/mol. The average Bonchev–Trinajstić information content (AvgIpc) is 2.36. The van der Waals surface area contributed by atoms with Gasteiger partial charge < -0.3 is 9.64 Å². The molecule has 1 aromatic rings. The summed E-state index contributed by atoms with van der Waals surface area (Å²) in [5.74, 6) is 0. The molecule has 19 heavy (non-hydrogen) atoms. The van der Waals surface area contributed by atoms with Gasteiger partial charge in [-0.1, -0.05) is 0 Å². The first-order valence-corrected chi connectivity index (χ1v) is 6.05. The topological polar surface area (TPSA) is 72.7 Å². The lowest BCUT2D eigenvalue weighted by atomic mass is 10.1. The smallest absolute Gasteiger partial charge is 0.293 e. The first-order valence-electron chi connectivity index (χ1n) is 6.05. The molecule has 0 atom stereocenters. The van der Waals surface area contributed by atoms with Crippen LogP contribution < -0.4 is 4.90 Å². The van der Waals surface area contributed by atoms with Gasteiger partial charge in [-0.15, -0.1) is 0 Å². The number of nitro benzene ring substituents is 1. The Bertz CT molecular complexity index is 513. The summed E-state index contributed by atoms with van der Waals surface area (Å²) in [7, 11) is 0. The van der Waals surface area contributed by atoms with Crippen LogP contribution in [0.3, 0.4) is 0 Å². The predicted octanol–water partition coefficient (Wildman–Crippen LogP) is 2.02. The lowest BCUT2D eigenvalue weighted by Gasteiger charge is -2.39. The molecule has 0 spiro atoms. The van der Waals surface area contributed by atoms with Gasteiger partial charge in [-0.25, -0.2) is 0 Å². The molecule has 2 rings (SSSR count). The van der Waals surface area contributed by atoms with E-state index >= 15 is 0 Å². The lowest BCUT2D eigenvalue weighted by molar-refractivity contribution is -0.384. The van der Waals surface area contributed by atoms with Crippen LogP contribution in [-0.2, 0) is 4.74 Å². The van der Waals surface area contributed by atoms with Gasteiger partial charge in [0.2, 0.25) is 0 Å². The molecule has 6 nitrogen and oxygen atoms in total. The minimum atomic E-state index is -0.454. The number of hydrogen-bond acceptors (Lipinski definition) is 5. The molecule has 1 aliphatic heterocycles. The number of benzene rings is 1. The van der Waals surface area contributed by atoms with Crippen LogP contribution in [0.25, 0.3) is 0 Å². The molecular weight excluding hydrogens is 248 g/mol. The lowest BCUT2D eigenvalue weighted by Crippen LogP contribution is -2.48. The molecule has 0 unspecified atom stereocenters. The first kappa shape index (κ1) is 13.5. The molecular formula is C13H16N2O4. The third-order valence-corrected chi connectivity index (χ3v) is 3.10. The van der Waals surface area contributed by atoms with Crippen molar-refractivity contribution < 1.29 is 14.5 Å². The van der Waals surface area contributed by atoms with Crippen LogP contribution in [0.4, 0.5) is 11.4 Å². The highest BCUT2D eigenvalue weighted by Gasteiger charge is 2.30. The molecule has 1 aliphatic rings. The van der Waals surface area contributed by atoms with Crippen molar-refractivity contribution in [2.75, 3.05) is 24.6 Å². The first-order chi connectivity index (χ1) is 8.93. The number of morpholine rings is 1. The van der Waals surface area contributed by atoms with E-state index in [0.29, 0.717) is 37.2 Å².